The maximum atomic E-state index is 11.1. The number of hydrogen-bond acceptors (Lipinski definition) is 2. The summed E-state index contributed by atoms with van der Waals surface area (Å²) in [5.74, 6) is 0.379. The Balaban J connectivity index is 2.71. The quantitative estimate of drug-likeness (QED) is 0.641. The molecule has 1 amide bonds. The van der Waals surface area contributed by atoms with Crippen LogP contribution >= 0.6 is 0 Å². The zero-order valence-electron chi connectivity index (χ0n) is 8.16. The first-order valence-corrected chi connectivity index (χ1v) is 4.34. The van der Waals surface area contributed by atoms with Gasteiger partial charge < -0.3 is 0 Å². The van der Waals surface area contributed by atoms with Gasteiger partial charge in [-0.05, 0) is 18.9 Å². The highest BCUT2D eigenvalue weighted by molar-refractivity contribution is 6.24. The third-order valence-corrected chi connectivity index (χ3v) is 1.72. The minimum atomic E-state index is -0.120. The van der Waals surface area contributed by atoms with E-state index >= 15 is 0 Å². The number of allylic oxidation sites excluding steroid dienone is 3. The van der Waals surface area contributed by atoms with Crippen molar-refractivity contribution >= 4 is 11.6 Å². The Morgan fingerprint density at radius 1 is 1.46 bits per heavy atom. The van der Waals surface area contributed by atoms with Crippen LogP contribution in [0.3, 0.4) is 0 Å². The Morgan fingerprint density at radius 3 is 2.62 bits per heavy atom. The number of hydrogen-bond donors (Lipinski definition) is 1. The van der Waals surface area contributed by atoms with Gasteiger partial charge in [0.15, 0.2) is 0 Å². The Labute approximate surface area is 78.2 Å². The molecule has 3 heteroatoms. The lowest BCUT2D eigenvalue weighted by Gasteiger charge is -1.92. The molecule has 0 fully saturated rings. The molecule has 1 aliphatic heterocycles. The van der Waals surface area contributed by atoms with Gasteiger partial charge in [0, 0.05) is 0 Å². The van der Waals surface area contributed by atoms with Gasteiger partial charge in [-0.25, -0.2) is 5.43 Å². The molecular formula is C10H14N2O. The fourth-order valence-electron chi connectivity index (χ4n) is 0.990. The van der Waals surface area contributed by atoms with E-state index in [1.165, 1.54) is 0 Å². The monoisotopic (exact) mass is 178 g/mol. The number of nitrogens with one attached hydrogen (secondary N) is 1. The van der Waals surface area contributed by atoms with Crippen LogP contribution in [0.2, 0.25) is 0 Å². The highest BCUT2D eigenvalue weighted by Crippen LogP contribution is 2.05. The summed E-state index contributed by atoms with van der Waals surface area (Å²) in [4.78, 5) is 11.1. The van der Waals surface area contributed by atoms with E-state index < -0.39 is 0 Å². The second-order valence-electron chi connectivity index (χ2n) is 3.35. The largest absolute Gasteiger partial charge is 0.273 e. The molecule has 0 radical (unpaired) electrons. The summed E-state index contributed by atoms with van der Waals surface area (Å²) in [6.07, 6.45) is 5.72. The smallest absolute Gasteiger partial charge is 0.267 e. The van der Waals surface area contributed by atoms with Crippen molar-refractivity contribution in [2.75, 3.05) is 0 Å². The van der Waals surface area contributed by atoms with Crippen LogP contribution in [0.25, 0.3) is 0 Å². The molecule has 0 spiro atoms. The molecule has 13 heavy (non-hydrogen) atoms. The van der Waals surface area contributed by atoms with Crippen molar-refractivity contribution < 1.29 is 4.79 Å². The average molecular weight is 178 g/mol. The molecule has 0 saturated carbocycles. The van der Waals surface area contributed by atoms with Gasteiger partial charge in [-0.2, -0.15) is 5.10 Å². The van der Waals surface area contributed by atoms with Crippen LogP contribution in [0.15, 0.2) is 28.9 Å². The minimum absolute atomic E-state index is 0.120. The van der Waals surface area contributed by atoms with E-state index in [9.17, 15) is 4.79 Å². The summed E-state index contributed by atoms with van der Waals surface area (Å²) in [5.41, 5.74) is 3.80. The average Bonchev–Trinajstić information content (AvgIpc) is 2.34. The highest BCUT2D eigenvalue weighted by Gasteiger charge is 2.16. The third kappa shape index (κ3) is 2.54. The summed E-state index contributed by atoms with van der Waals surface area (Å²) in [5, 5.41) is 3.81. The second-order valence-corrected chi connectivity index (χ2v) is 3.35. The maximum absolute atomic E-state index is 11.1. The SMILES string of the molecule is CC1=NNC(=O)/C1=C\C=C\C(C)C. The number of nitrogens with zero attached hydrogens (tertiary/aromatic N) is 1. The predicted molar refractivity (Wildman–Crippen MR) is 53.3 cm³/mol. The van der Waals surface area contributed by atoms with Gasteiger partial charge in [0.05, 0.1) is 11.3 Å². The lowest BCUT2D eigenvalue weighted by atomic mass is 10.1. The summed E-state index contributed by atoms with van der Waals surface area (Å²) < 4.78 is 0. The fourth-order valence-corrected chi connectivity index (χ4v) is 0.990. The first-order valence-electron chi connectivity index (χ1n) is 4.34. The molecule has 0 aromatic heterocycles. The molecule has 1 N–H and O–H groups in total. The van der Waals surface area contributed by atoms with Gasteiger partial charge in [-0.3, -0.25) is 4.79 Å². The molecule has 0 aromatic carbocycles. The van der Waals surface area contributed by atoms with Crippen molar-refractivity contribution in [1.82, 2.24) is 5.43 Å². The third-order valence-electron chi connectivity index (χ3n) is 1.72. The minimum Gasteiger partial charge on any atom is -0.267 e. The topological polar surface area (TPSA) is 41.5 Å². The Kier molecular flexibility index (Phi) is 3.01. The van der Waals surface area contributed by atoms with Crippen molar-refractivity contribution in [1.29, 1.82) is 0 Å². The van der Waals surface area contributed by atoms with Crippen molar-refractivity contribution in [2.45, 2.75) is 20.8 Å². The van der Waals surface area contributed by atoms with Gasteiger partial charge in [-0.1, -0.05) is 26.0 Å². The molecule has 0 unspecified atom stereocenters. The van der Waals surface area contributed by atoms with Crippen LogP contribution in [-0.2, 0) is 4.79 Å². The Hall–Kier alpha value is -1.38. The molecule has 70 valence electrons. The summed E-state index contributed by atoms with van der Waals surface area (Å²) in [6, 6.07) is 0. The lowest BCUT2D eigenvalue weighted by Crippen LogP contribution is -2.12. The van der Waals surface area contributed by atoms with Crippen molar-refractivity contribution in [3.8, 4) is 0 Å². The fraction of sp³-hybridized carbons (Fsp3) is 0.400. The second kappa shape index (κ2) is 4.03. The van der Waals surface area contributed by atoms with E-state index in [0.29, 0.717) is 11.5 Å². The van der Waals surface area contributed by atoms with Crippen molar-refractivity contribution in [3.63, 3.8) is 0 Å². The van der Waals surface area contributed by atoms with E-state index in [1.807, 2.05) is 19.1 Å². The van der Waals surface area contributed by atoms with Crippen LogP contribution in [0.4, 0.5) is 0 Å². The molecule has 1 aliphatic rings. The molecule has 3 nitrogen and oxygen atoms in total. The van der Waals surface area contributed by atoms with E-state index in [-0.39, 0.29) is 5.91 Å². The molecule has 0 aromatic rings. The standard InChI is InChI=1S/C10H14N2O/c1-7(2)5-4-6-9-8(3)11-12-10(9)13/h4-7H,1-3H3,(H,12,13)/b5-4+,9-6-. The first-order chi connectivity index (χ1) is 6.11. The normalized spacial score (nSPS) is 20.2. The van der Waals surface area contributed by atoms with Crippen LogP contribution in [0.1, 0.15) is 20.8 Å². The molecule has 0 atom stereocenters. The van der Waals surface area contributed by atoms with Crippen molar-refractivity contribution in [2.24, 2.45) is 11.0 Å². The molecule has 1 rings (SSSR count). The number of carbonyl (C=O) groups excluding carboxylic acids is 1. The van der Waals surface area contributed by atoms with Crippen LogP contribution in [0, 0.1) is 5.92 Å². The Bertz CT molecular complexity index is 298. The summed E-state index contributed by atoms with van der Waals surface area (Å²) in [7, 11) is 0. The van der Waals surface area contributed by atoms with E-state index in [4.69, 9.17) is 0 Å². The van der Waals surface area contributed by atoms with E-state index in [1.54, 1.807) is 6.08 Å². The lowest BCUT2D eigenvalue weighted by molar-refractivity contribution is -0.116. The number of hydrazone groups is 1. The van der Waals surface area contributed by atoms with Crippen LogP contribution in [-0.4, -0.2) is 11.6 Å². The highest BCUT2D eigenvalue weighted by atomic mass is 16.2. The molecule has 0 aliphatic carbocycles. The predicted octanol–water partition coefficient (Wildman–Crippen LogP) is 1.63. The molecular weight excluding hydrogens is 164 g/mol. The van der Waals surface area contributed by atoms with E-state index in [2.05, 4.69) is 24.4 Å². The van der Waals surface area contributed by atoms with Crippen LogP contribution < -0.4 is 5.43 Å². The first kappa shape index (κ1) is 9.71. The molecule has 1 heterocycles. The van der Waals surface area contributed by atoms with Gasteiger partial charge in [0.25, 0.3) is 5.91 Å². The molecule has 0 bridgehead atoms. The van der Waals surface area contributed by atoms with Crippen LogP contribution in [0.5, 0.6) is 0 Å². The Morgan fingerprint density at radius 2 is 2.15 bits per heavy atom. The van der Waals surface area contributed by atoms with Gasteiger partial charge in [0.2, 0.25) is 0 Å². The number of carbonyl (C=O) groups is 1. The summed E-state index contributed by atoms with van der Waals surface area (Å²) >= 11 is 0. The zero-order valence-corrected chi connectivity index (χ0v) is 8.16. The van der Waals surface area contributed by atoms with Gasteiger partial charge in [-0.15, -0.1) is 0 Å². The number of amides is 1. The number of rotatable bonds is 2. The summed E-state index contributed by atoms with van der Waals surface area (Å²) in [6.45, 7) is 5.99. The van der Waals surface area contributed by atoms with Crippen molar-refractivity contribution in [3.05, 3.63) is 23.8 Å². The molecule has 0 saturated heterocycles. The maximum Gasteiger partial charge on any atom is 0.273 e. The van der Waals surface area contributed by atoms with Gasteiger partial charge in [0.1, 0.15) is 0 Å². The van der Waals surface area contributed by atoms with E-state index in [0.717, 1.165) is 5.71 Å². The zero-order chi connectivity index (χ0) is 9.84. The van der Waals surface area contributed by atoms with Gasteiger partial charge >= 0.3 is 0 Å².